The minimum Gasteiger partial charge on any atom is -0.447 e. The molecule has 0 radical (unpaired) electrons. The molecule has 1 saturated heterocycles. The average Bonchev–Trinajstić information content (AvgIpc) is 2.82. The third-order valence-electron chi connectivity index (χ3n) is 4.73. The molecule has 1 aromatic heterocycles. The van der Waals surface area contributed by atoms with E-state index < -0.39 is 0 Å². The molecule has 1 aromatic rings. The third-order valence-corrected chi connectivity index (χ3v) is 4.73. The van der Waals surface area contributed by atoms with Crippen molar-refractivity contribution in [1.29, 1.82) is 0 Å². The molecule has 0 aromatic carbocycles. The lowest BCUT2D eigenvalue weighted by Crippen LogP contribution is -2.33. The molecular formula is C14H20N2O2. The van der Waals surface area contributed by atoms with Crippen molar-refractivity contribution in [1.82, 2.24) is 9.88 Å². The SMILES string of the molecule is CC(C)c1ocnc1C(=O)N1CC2C(C1)C2(C)C. The molecule has 1 saturated carbocycles. The van der Waals surface area contributed by atoms with Crippen LogP contribution < -0.4 is 0 Å². The van der Waals surface area contributed by atoms with Crippen molar-refractivity contribution in [3.8, 4) is 0 Å². The van der Waals surface area contributed by atoms with E-state index in [9.17, 15) is 4.79 Å². The summed E-state index contributed by atoms with van der Waals surface area (Å²) in [5, 5.41) is 0. The monoisotopic (exact) mass is 248 g/mol. The standard InChI is InChI=1S/C14H20N2O2/c1-8(2)12-11(15-7-18-12)13(17)16-5-9-10(6-16)14(9,3)4/h7-10H,5-6H2,1-4H3. The molecule has 2 aliphatic rings. The Balaban J connectivity index is 1.75. The van der Waals surface area contributed by atoms with E-state index in [1.807, 2.05) is 18.7 Å². The maximum atomic E-state index is 12.4. The van der Waals surface area contributed by atoms with Gasteiger partial charge in [0.2, 0.25) is 0 Å². The number of hydrogen-bond acceptors (Lipinski definition) is 3. The van der Waals surface area contributed by atoms with Gasteiger partial charge in [0.25, 0.3) is 5.91 Å². The highest BCUT2D eigenvalue weighted by molar-refractivity contribution is 5.93. The number of oxazole rings is 1. The number of aromatic nitrogens is 1. The summed E-state index contributed by atoms with van der Waals surface area (Å²) >= 11 is 0. The molecule has 2 atom stereocenters. The van der Waals surface area contributed by atoms with Crippen LogP contribution in [0, 0.1) is 17.3 Å². The van der Waals surface area contributed by atoms with E-state index in [-0.39, 0.29) is 11.8 Å². The second-order valence-electron chi connectivity index (χ2n) is 6.46. The summed E-state index contributed by atoms with van der Waals surface area (Å²) in [5.41, 5.74) is 0.936. The van der Waals surface area contributed by atoms with Crippen molar-refractivity contribution in [3.63, 3.8) is 0 Å². The Morgan fingerprint density at radius 3 is 2.61 bits per heavy atom. The first-order valence-electron chi connectivity index (χ1n) is 6.65. The third kappa shape index (κ3) is 1.51. The lowest BCUT2D eigenvalue weighted by Gasteiger charge is -2.21. The van der Waals surface area contributed by atoms with E-state index in [1.54, 1.807) is 0 Å². The Morgan fingerprint density at radius 2 is 2.06 bits per heavy atom. The lowest BCUT2D eigenvalue weighted by atomic mass is 10.1. The van der Waals surface area contributed by atoms with Crippen LogP contribution in [0.15, 0.2) is 10.8 Å². The molecule has 4 heteroatoms. The van der Waals surface area contributed by atoms with Crippen LogP contribution in [0.4, 0.5) is 0 Å². The highest BCUT2D eigenvalue weighted by Gasteiger charge is 2.62. The van der Waals surface area contributed by atoms with Crippen molar-refractivity contribution in [2.24, 2.45) is 17.3 Å². The number of carbonyl (C=O) groups is 1. The van der Waals surface area contributed by atoms with Gasteiger partial charge in [-0.1, -0.05) is 27.7 Å². The summed E-state index contributed by atoms with van der Waals surface area (Å²) in [6.07, 6.45) is 1.38. The summed E-state index contributed by atoms with van der Waals surface area (Å²) < 4.78 is 5.33. The lowest BCUT2D eigenvalue weighted by molar-refractivity contribution is 0.0750. The second-order valence-corrected chi connectivity index (χ2v) is 6.46. The molecule has 4 nitrogen and oxygen atoms in total. The first kappa shape index (κ1) is 11.8. The first-order valence-corrected chi connectivity index (χ1v) is 6.65. The molecule has 1 amide bonds. The van der Waals surface area contributed by atoms with Gasteiger partial charge in [-0.3, -0.25) is 4.79 Å². The fourth-order valence-electron chi connectivity index (χ4n) is 3.27. The second kappa shape index (κ2) is 3.59. The van der Waals surface area contributed by atoms with Gasteiger partial charge in [0, 0.05) is 19.0 Å². The zero-order chi connectivity index (χ0) is 13.1. The van der Waals surface area contributed by atoms with Gasteiger partial charge in [-0.2, -0.15) is 0 Å². The van der Waals surface area contributed by atoms with Crippen LogP contribution in [0.2, 0.25) is 0 Å². The van der Waals surface area contributed by atoms with Crippen LogP contribution in [-0.2, 0) is 0 Å². The number of fused-ring (bicyclic) bond motifs is 1. The van der Waals surface area contributed by atoms with Gasteiger partial charge in [-0.15, -0.1) is 0 Å². The van der Waals surface area contributed by atoms with E-state index in [0.29, 0.717) is 28.7 Å². The normalized spacial score (nSPS) is 28.6. The summed E-state index contributed by atoms with van der Waals surface area (Å²) in [7, 11) is 0. The molecule has 2 unspecified atom stereocenters. The maximum absolute atomic E-state index is 12.4. The number of hydrogen-bond donors (Lipinski definition) is 0. The topological polar surface area (TPSA) is 46.3 Å². The number of likely N-dealkylation sites (tertiary alicyclic amines) is 1. The molecule has 0 bridgehead atoms. The van der Waals surface area contributed by atoms with Crippen LogP contribution in [0.25, 0.3) is 0 Å². The van der Waals surface area contributed by atoms with Crippen molar-refractivity contribution in [2.45, 2.75) is 33.6 Å². The van der Waals surface area contributed by atoms with Crippen LogP contribution in [0.5, 0.6) is 0 Å². The van der Waals surface area contributed by atoms with Crippen LogP contribution in [-0.4, -0.2) is 28.9 Å². The minimum absolute atomic E-state index is 0.0375. The zero-order valence-corrected chi connectivity index (χ0v) is 11.4. The smallest absolute Gasteiger partial charge is 0.276 e. The molecule has 1 aliphatic heterocycles. The molecule has 2 fully saturated rings. The number of amides is 1. The van der Waals surface area contributed by atoms with Crippen molar-refractivity contribution in [2.75, 3.05) is 13.1 Å². The Hall–Kier alpha value is -1.32. The van der Waals surface area contributed by atoms with Crippen LogP contribution in [0.3, 0.4) is 0 Å². The van der Waals surface area contributed by atoms with E-state index in [2.05, 4.69) is 18.8 Å². The largest absolute Gasteiger partial charge is 0.447 e. The molecule has 2 heterocycles. The molecule has 0 spiro atoms. The molecule has 3 rings (SSSR count). The molecular weight excluding hydrogens is 228 g/mol. The highest BCUT2D eigenvalue weighted by atomic mass is 16.3. The summed E-state index contributed by atoms with van der Waals surface area (Å²) in [6.45, 7) is 10.4. The van der Waals surface area contributed by atoms with Gasteiger partial charge < -0.3 is 9.32 Å². The highest BCUT2D eigenvalue weighted by Crippen LogP contribution is 2.62. The first-order chi connectivity index (χ1) is 8.43. The van der Waals surface area contributed by atoms with E-state index in [0.717, 1.165) is 13.1 Å². The van der Waals surface area contributed by atoms with Gasteiger partial charge in [0.1, 0.15) is 5.76 Å². The Bertz CT molecular complexity index is 476. The minimum atomic E-state index is 0.0375. The fourth-order valence-corrected chi connectivity index (χ4v) is 3.27. The summed E-state index contributed by atoms with van der Waals surface area (Å²) in [6, 6.07) is 0. The van der Waals surface area contributed by atoms with Crippen molar-refractivity contribution >= 4 is 5.91 Å². The molecule has 98 valence electrons. The van der Waals surface area contributed by atoms with Crippen molar-refractivity contribution in [3.05, 3.63) is 17.8 Å². The predicted octanol–water partition coefficient (Wildman–Crippen LogP) is 2.53. The van der Waals surface area contributed by atoms with Crippen molar-refractivity contribution < 1.29 is 9.21 Å². The summed E-state index contributed by atoms with van der Waals surface area (Å²) in [4.78, 5) is 18.4. The number of rotatable bonds is 2. The molecule has 18 heavy (non-hydrogen) atoms. The zero-order valence-electron chi connectivity index (χ0n) is 11.4. The molecule has 0 N–H and O–H groups in total. The number of piperidine rings is 1. The maximum Gasteiger partial charge on any atom is 0.276 e. The van der Waals surface area contributed by atoms with E-state index >= 15 is 0 Å². The molecule has 1 aliphatic carbocycles. The Kier molecular flexibility index (Phi) is 2.34. The van der Waals surface area contributed by atoms with Gasteiger partial charge in [0.05, 0.1) is 0 Å². The van der Waals surface area contributed by atoms with Crippen LogP contribution >= 0.6 is 0 Å². The van der Waals surface area contributed by atoms with E-state index in [1.165, 1.54) is 6.39 Å². The van der Waals surface area contributed by atoms with Gasteiger partial charge in [-0.25, -0.2) is 4.98 Å². The Labute approximate surface area is 107 Å². The number of nitrogens with zero attached hydrogens (tertiary/aromatic N) is 2. The fraction of sp³-hybridized carbons (Fsp3) is 0.714. The van der Waals surface area contributed by atoms with Crippen LogP contribution in [0.1, 0.15) is 49.9 Å². The Morgan fingerprint density at radius 1 is 1.44 bits per heavy atom. The van der Waals surface area contributed by atoms with Gasteiger partial charge in [-0.05, 0) is 17.3 Å². The predicted molar refractivity (Wildman–Crippen MR) is 67.3 cm³/mol. The number of carbonyl (C=O) groups excluding carboxylic acids is 1. The summed E-state index contributed by atoms with van der Waals surface area (Å²) in [5.74, 6) is 2.29. The average molecular weight is 248 g/mol. The van der Waals surface area contributed by atoms with Gasteiger partial charge in [0.15, 0.2) is 12.1 Å². The quantitative estimate of drug-likeness (QED) is 0.808. The van der Waals surface area contributed by atoms with Gasteiger partial charge >= 0.3 is 0 Å². The van der Waals surface area contributed by atoms with E-state index in [4.69, 9.17) is 4.42 Å².